The lowest BCUT2D eigenvalue weighted by atomic mass is 10.1. The van der Waals surface area contributed by atoms with Crippen LogP contribution in [0, 0.1) is 5.41 Å². The third kappa shape index (κ3) is 0.641. The Morgan fingerprint density at radius 3 is 2.20 bits per heavy atom. The number of alkyl halides is 2. The maximum atomic E-state index is 12.6. The van der Waals surface area contributed by atoms with Gasteiger partial charge >= 0.3 is 0 Å². The standard InChI is InChI=1S/C7H11F2N/c1-10-3-2-6(5-10)4-7(6,8)9/h2-5H2,1H3. The third-order valence-electron chi connectivity index (χ3n) is 2.76. The minimum absolute atomic E-state index is 0.129. The highest BCUT2D eigenvalue weighted by molar-refractivity contribution is 5.13. The fraction of sp³-hybridized carbons (Fsp3) is 1.00. The summed E-state index contributed by atoms with van der Waals surface area (Å²) >= 11 is 0. The largest absolute Gasteiger partial charge is 0.306 e. The smallest absolute Gasteiger partial charge is 0.255 e. The van der Waals surface area contributed by atoms with Gasteiger partial charge in [-0.2, -0.15) is 0 Å². The van der Waals surface area contributed by atoms with Gasteiger partial charge in [-0.25, -0.2) is 8.78 Å². The molecule has 2 aliphatic rings. The first kappa shape index (κ1) is 6.53. The van der Waals surface area contributed by atoms with E-state index in [2.05, 4.69) is 0 Å². The molecule has 10 heavy (non-hydrogen) atoms. The minimum atomic E-state index is -2.34. The zero-order valence-electron chi connectivity index (χ0n) is 6.03. The number of hydrogen-bond donors (Lipinski definition) is 0. The van der Waals surface area contributed by atoms with Gasteiger partial charge in [-0.05, 0) is 20.0 Å². The van der Waals surface area contributed by atoms with Crippen LogP contribution in [0.5, 0.6) is 0 Å². The van der Waals surface area contributed by atoms with Gasteiger partial charge in [0.25, 0.3) is 5.92 Å². The monoisotopic (exact) mass is 147 g/mol. The zero-order valence-corrected chi connectivity index (χ0v) is 6.03. The van der Waals surface area contributed by atoms with E-state index in [1.165, 1.54) is 0 Å². The Kier molecular flexibility index (Phi) is 0.994. The van der Waals surface area contributed by atoms with Crippen LogP contribution in [0.2, 0.25) is 0 Å². The first-order valence-electron chi connectivity index (χ1n) is 3.62. The lowest BCUT2D eigenvalue weighted by Crippen LogP contribution is -2.17. The van der Waals surface area contributed by atoms with Crippen LogP contribution in [0.15, 0.2) is 0 Å². The van der Waals surface area contributed by atoms with Gasteiger partial charge < -0.3 is 4.90 Å². The Bertz CT molecular complexity index is 169. The molecular formula is C7H11F2N. The fourth-order valence-corrected chi connectivity index (χ4v) is 1.90. The quantitative estimate of drug-likeness (QED) is 0.500. The number of nitrogens with zero attached hydrogens (tertiary/aromatic N) is 1. The van der Waals surface area contributed by atoms with E-state index in [1.807, 2.05) is 11.9 Å². The van der Waals surface area contributed by atoms with E-state index >= 15 is 0 Å². The second kappa shape index (κ2) is 1.52. The highest BCUT2D eigenvalue weighted by atomic mass is 19.3. The normalized spacial score (nSPS) is 44.7. The van der Waals surface area contributed by atoms with Gasteiger partial charge in [0.1, 0.15) is 0 Å². The molecule has 1 spiro atoms. The van der Waals surface area contributed by atoms with Crippen molar-refractivity contribution in [3.63, 3.8) is 0 Å². The molecule has 1 aliphatic carbocycles. The molecule has 58 valence electrons. The molecule has 0 radical (unpaired) electrons. The fourth-order valence-electron chi connectivity index (χ4n) is 1.90. The first-order valence-corrected chi connectivity index (χ1v) is 3.62. The molecule has 1 aliphatic heterocycles. The van der Waals surface area contributed by atoms with Gasteiger partial charge in [-0.1, -0.05) is 0 Å². The van der Waals surface area contributed by atoms with Crippen molar-refractivity contribution < 1.29 is 8.78 Å². The Morgan fingerprint density at radius 2 is 2.00 bits per heavy atom. The minimum Gasteiger partial charge on any atom is -0.306 e. The summed E-state index contributed by atoms with van der Waals surface area (Å²) in [4.78, 5) is 1.99. The van der Waals surface area contributed by atoms with Gasteiger partial charge in [-0.3, -0.25) is 0 Å². The summed E-state index contributed by atoms with van der Waals surface area (Å²) in [7, 11) is 1.91. The zero-order chi connectivity index (χ0) is 7.41. The molecule has 1 atom stereocenters. The lowest BCUT2D eigenvalue weighted by Gasteiger charge is -2.07. The summed E-state index contributed by atoms with van der Waals surface area (Å²) < 4.78 is 25.3. The summed E-state index contributed by atoms with van der Waals surface area (Å²) in [6.45, 7) is 1.44. The van der Waals surface area contributed by atoms with Crippen LogP contribution in [0.25, 0.3) is 0 Å². The summed E-state index contributed by atoms with van der Waals surface area (Å²) in [6, 6.07) is 0. The number of hydrogen-bond acceptors (Lipinski definition) is 1. The molecule has 3 heteroatoms. The van der Waals surface area contributed by atoms with Crippen LogP contribution in [-0.2, 0) is 0 Å². The molecule has 2 rings (SSSR count). The van der Waals surface area contributed by atoms with Crippen molar-refractivity contribution in [2.45, 2.75) is 18.8 Å². The second-order valence-corrected chi connectivity index (χ2v) is 3.65. The van der Waals surface area contributed by atoms with E-state index in [0.717, 1.165) is 6.54 Å². The summed E-state index contributed by atoms with van der Waals surface area (Å²) in [5.41, 5.74) is -0.595. The van der Waals surface area contributed by atoms with Crippen molar-refractivity contribution in [3.05, 3.63) is 0 Å². The number of likely N-dealkylation sites (tertiary alicyclic amines) is 1. The van der Waals surface area contributed by atoms with Gasteiger partial charge in [0.15, 0.2) is 0 Å². The van der Waals surface area contributed by atoms with E-state index in [9.17, 15) is 8.78 Å². The highest BCUT2D eigenvalue weighted by Crippen LogP contribution is 2.64. The Hall–Kier alpha value is -0.180. The average molecular weight is 147 g/mol. The third-order valence-corrected chi connectivity index (χ3v) is 2.76. The molecule has 1 unspecified atom stereocenters. The van der Waals surface area contributed by atoms with Crippen LogP contribution >= 0.6 is 0 Å². The topological polar surface area (TPSA) is 3.24 Å². The predicted molar refractivity (Wildman–Crippen MR) is 34.1 cm³/mol. The van der Waals surface area contributed by atoms with Crippen LogP contribution in [0.1, 0.15) is 12.8 Å². The molecule has 1 nitrogen and oxygen atoms in total. The SMILES string of the molecule is CN1CCC2(C1)CC2(F)F. The van der Waals surface area contributed by atoms with Crippen LogP contribution < -0.4 is 0 Å². The van der Waals surface area contributed by atoms with Crippen molar-refractivity contribution in [2.24, 2.45) is 5.41 Å². The molecule has 0 aromatic carbocycles. The predicted octanol–water partition coefficient (Wildman–Crippen LogP) is 1.35. The molecular weight excluding hydrogens is 136 g/mol. The Labute approximate surface area is 59.0 Å². The molecule has 1 heterocycles. The number of rotatable bonds is 0. The number of halogens is 2. The molecule has 1 saturated carbocycles. The average Bonchev–Trinajstić information content (AvgIpc) is 2.20. The highest BCUT2D eigenvalue weighted by Gasteiger charge is 2.72. The lowest BCUT2D eigenvalue weighted by molar-refractivity contribution is 0.0673. The maximum Gasteiger partial charge on any atom is 0.255 e. The van der Waals surface area contributed by atoms with Crippen molar-refractivity contribution in [1.82, 2.24) is 4.90 Å². The van der Waals surface area contributed by atoms with E-state index in [0.29, 0.717) is 13.0 Å². The molecule has 0 aromatic rings. The molecule has 0 N–H and O–H groups in total. The van der Waals surface area contributed by atoms with E-state index in [1.54, 1.807) is 0 Å². The van der Waals surface area contributed by atoms with Gasteiger partial charge in [-0.15, -0.1) is 0 Å². The van der Waals surface area contributed by atoms with Crippen LogP contribution in [-0.4, -0.2) is 31.0 Å². The Morgan fingerprint density at radius 1 is 1.40 bits per heavy atom. The molecule has 1 saturated heterocycles. The van der Waals surface area contributed by atoms with Crippen molar-refractivity contribution in [3.8, 4) is 0 Å². The molecule has 2 fully saturated rings. The molecule has 0 amide bonds. The van der Waals surface area contributed by atoms with Crippen molar-refractivity contribution >= 4 is 0 Å². The van der Waals surface area contributed by atoms with Gasteiger partial charge in [0.2, 0.25) is 0 Å². The maximum absolute atomic E-state index is 12.6. The van der Waals surface area contributed by atoms with Gasteiger partial charge in [0, 0.05) is 13.0 Å². The van der Waals surface area contributed by atoms with Crippen molar-refractivity contribution in [2.75, 3.05) is 20.1 Å². The molecule has 0 aromatic heterocycles. The van der Waals surface area contributed by atoms with Crippen LogP contribution in [0.3, 0.4) is 0 Å². The van der Waals surface area contributed by atoms with E-state index in [4.69, 9.17) is 0 Å². The second-order valence-electron chi connectivity index (χ2n) is 3.65. The summed E-state index contributed by atoms with van der Waals surface area (Å²) in [5, 5.41) is 0. The van der Waals surface area contributed by atoms with E-state index < -0.39 is 11.3 Å². The van der Waals surface area contributed by atoms with Crippen molar-refractivity contribution in [1.29, 1.82) is 0 Å². The summed E-state index contributed by atoms with van der Waals surface area (Å²) in [5.74, 6) is -2.34. The van der Waals surface area contributed by atoms with Crippen LogP contribution in [0.4, 0.5) is 8.78 Å². The van der Waals surface area contributed by atoms with E-state index in [-0.39, 0.29) is 6.42 Å². The molecule has 0 bridgehead atoms. The first-order chi connectivity index (χ1) is 4.56. The van der Waals surface area contributed by atoms with Gasteiger partial charge in [0.05, 0.1) is 5.41 Å². The Balaban J connectivity index is 2.09. The summed E-state index contributed by atoms with van der Waals surface area (Å²) in [6.07, 6.45) is 0.820.